The average molecular weight is 580 g/mol. The number of amides is 2. The molecule has 1 N–H and O–H groups in total. The van der Waals surface area contributed by atoms with Gasteiger partial charge in [-0.05, 0) is 72.9 Å². The SMILES string of the molecule is O=C1NC(=S)N(c2ccc(Oc3ccccc3)cc2)C(=O)/C1=C/c1cn(S(=O)(=O)c2ccccc2)c2ccccc12. The van der Waals surface area contributed by atoms with Crippen molar-refractivity contribution in [3.8, 4) is 11.5 Å². The average Bonchev–Trinajstić information content (AvgIpc) is 3.36. The van der Waals surface area contributed by atoms with Gasteiger partial charge in [0.05, 0.1) is 16.1 Å². The number of thiocarbonyl (C=S) groups is 1. The largest absolute Gasteiger partial charge is 0.457 e. The Balaban J connectivity index is 1.37. The van der Waals surface area contributed by atoms with E-state index in [4.69, 9.17) is 17.0 Å². The van der Waals surface area contributed by atoms with Crippen LogP contribution in [0.25, 0.3) is 17.0 Å². The van der Waals surface area contributed by atoms with Crippen LogP contribution in [0.4, 0.5) is 5.69 Å². The number of fused-ring (bicyclic) bond motifs is 1. The molecule has 1 aromatic heterocycles. The number of nitrogens with zero attached hydrogens (tertiary/aromatic N) is 2. The van der Waals surface area contributed by atoms with E-state index in [9.17, 15) is 18.0 Å². The standard InChI is InChI=1S/C31H21N3O5S2/c35-29-27(19-21-20-33(28-14-8-7-13-26(21)28)41(37,38)25-11-5-2-6-12-25)30(36)34(31(40)32-29)22-15-17-24(18-16-22)39-23-9-3-1-4-10-23/h1-20H,(H,32,35,40)/b27-19+. The van der Waals surface area contributed by atoms with Crippen LogP contribution in [0.2, 0.25) is 0 Å². The molecule has 5 aromatic rings. The second-order valence-corrected chi connectivity index (χ2v) is 11.3. The molecule has 202 valence electrons. The quantitative estimate of drug-likeness (QED) is 0.162. The number of hydrogen-bond acceptors (Lipinski definition) is 6. The fourth-order valence-electron chi connectivity index (χ4n) is 4.53. The van der Waals surface area contributed by atoms with Gasteiger partial charge in [-0.15, -0.1) is 0 Å². The summed E-state index contributed by atoms with van der Waals surface area (Å²) >= 11 is 5.33. The summed E-state index contributed by atoms with van der Waals surface area (Å²) < 4.78 is 33.9. The zero-order valence-electron chi connectivity index (χ0n) is 21.3. The van der Waals surface area contributed by atoms with Crippen LogP contribution in [0.15, 0.2) is 126 Å². The maximum absolute atomic E-state index is 13.6. The van der Waals surface area contributed by atoms with E-state index in [-0.39, 0.29) is 15.6 Å². The first-order valence-corrected chi connectivity index (χ1v) is 14.3. The predicted molar refractivity (Wildman–Crippen MR) is 160 cm³/mol. The molecule has 1 aliphatic heterocycles. The lowest BCUT2D eigenvalue weighted by molar-refractivity contribution is -0.122. The normalized spacial score (nSPS) is 14.9. The van der Waals surface area contributed by atoms with Crippen LogP contribution in [0.5, 0.6) is 11.5 Å². The van der Waals surface area contributed by atoms with Gasteiger partial charge in [-0.1, -0.05) is 54.6 Å². The van der Waals surface area contributed by atoms with Crippen molar-refractivity contribution in [1.29, 1.82) is 0 Å². The van der Waals surface area contributed by atoms with E-state index in [0.29, 0.717) is 33.7 Å². The van der Waals surface area contributed by atoms with E-state index in [1.54, 1.807) is 66.7 Å². The molecule has 6 rings (SSSR count). The Bertz CT molecular complexity index is 1950. The second-order valence-electron chi connectivity index (χ2n) is 9.08. The van der Waals surface area contributed by atoms with Gasteiger partial charge in [0.2, 0.25) is 0 Å². The molecule has 0 saturated carbocycles. The van der Waals surface area contributed by atoms with Gasteiger partial charge in [0.15, 0.2) is 5.11 Å². The van der Waals surface area contributed by atoms with E-state index < -0.39 is 21.8 Å². The molecule has 1 fully saturated rings. The number of ether oxygens (including phenoxy) is 1. The number of carbonyl (C=O) groups excluding carboxylic acids is 2. The Morgan fingerprint density at radius 1 is 0.756 bits per heavy atom. The van der Waals surface area contributed by atoms with E-state index >= 15 is 0 Å². The van der Waals surface area contributed by atoms with Crippen LogP contribution in [-0.4, -0.2) is 29.3 Å². The number of benzene rings is 4. The number of nitrogens with one attached hydrogen (secondary N) is 1. The Labute approximate surface area is 241 Å². The third kappa shape index (κ3) is 4.90. The topological polar surface area (TPSA) is 97.7 Å². The van der Waals surface area contributed by atoms with E-state index in [0.717, 1.165) is 3.97 Å². The van der Waals surface area contributed by atoms with Crippen LogP contribution >= 0.6 is 12.2 Å². The number of anilines is 1. The fraction of sp³-hybridized carbons (Fsp3) is 0. The molecule has 41 heavy (non-hydrogen) atoms. The summed E-state index contributed by atoms with van der Waals surface area (Å²) in [6, 6.07) is 30.9. The van der Waals surface area contributed by atoms with Crippen LogP contribution in [0.3, 0.4) is 0 Å². The zero-order chi connectivity index (χ0) is 28.6. The highest BCUT2D eigenvalue weighted by Gasteiger charge is 2.35. The summed E-state index contributed by atoms with van der Waals surface area (Å²) in [4.78, 5) is 27.9. The summed E-state index contributed by atoms with van der Waals surface area (Å²) in [5, 5.41) is 3.06. The second kappa shape index (κ2) is 10.5. The van der Waals surface area contributed by atoms with Gasteiger partial charge in [-0.25, -0.2) is 12.4 Å². The lowest BCUT2D eigenvalue weighted by Gasteiger charge is -2.29. The van der Waals surface area contributed by atoms with Crippen LogP contribution in [-0.2, 0) is 19.6 Å². The molecule has 2 amide bonds. The molecule has 8 nitrogen and oxygen atoms in total. The predicted octanol–water partition coefficient (Wildman–Crippen LogP) is 5.50. The van der Waals surface area contributed by atoms with Gasteiger partial charge < -0.3 is 4.74 Å². The molecule has 10 heteroatoms. The lowest BCUT2D eigenvalue weighted by Crippen LogP contribution is -2.54. The number of rotatable bonds is 6. The molecule has 0 aliphatic carbocycles. The van der Waals surface area contributed by atoms with E-state index in [1.165, 1.54) is 29.3 Å². The minimum absolute atomic E-state index is 0.0667. The number of carbonyl (C=O) groups is 2. The first-order chi connectivity index (χ1) is 19.8. The Morgan fingerprint density at radius 3 is 2.07 bits per heavy atom. The molecule has 0 radical (unpaired) electrons. The van der Waals surface area contributed by atoms with Crippen LogP contribution in [0, 0.1) is 0 Å². The molecule has 0 spiro atoms. The van der Waals surface area contributed by atoms with Crippen LogP contribution < -0.4 is 15.0 Å². The number of hydrogen-bond donors (Lipinski definition) is 1. The summed E-state index contributed by atoms with van der Waals surface area (Å²) in [5.41, 5.74) is 1.04. The van der Waals surface area contributed by atoms with Crippen molar-refractivity contribution in [2.75, 3.05) is 4.90 Å². The lowest BCUT2D eigenvalue weighted by atomic mass is 10.1. The zero-order valence-corrected chi connectivity index (χ0v) is 22.9. The molecular weight excluding hydrogens is 558 g/mol. The summed E-state index contributed by atoms with van der Waals surface area (Å²) in [6.07, 6.45) is 2.80. The van der Waals surface area contributed by atoms with E-state index in [2.05, 4.69) is 5.32 Å². The first-order valence-electron chi connectivity index (χ1n) is 12.5. The highest BCUT2D eigenvalue weighted by Crippen LogP contribution is 2.30. The highest BCUT2D eigenvalue weighted by atomic mass is 32.2. The van der Waals surface area contributed by atoms with Gasteiger partial charge in [0.1, 0.15) is 17.1 Å². The van der Waals surface area contributed by atoms with Crippen molar-refractivity contribution in [3.63, 3.8) is 0 Å². The van der Waals surface area contributed by atoms with Crippen molar-refractivity contribution >= 4 is 61.8 Å². The van der Waals surface area contributed by atoms with Crippen molar-refractivity contribution in [2.45, 2.75) is 4.90 Å². The first kappa shape index (κ1) is 26.2. The maximum Gasteiger partial charge on any atom is 0.270 e. The van der Waals surface area contributed by atoms with Crippen molar-refractivity contribution in [2.24, 2.45) is 0 Å². The molecule has 0 atom stereocenters. The van der Waals surface area contributed by atoms with Crippen molar-refractivity contribution < 1.29 is 22.7 Å². The molecule has 2 heterocycles. The van der Waals surface area contributed by atoms with Gasteiger partial charge in [0.25, 0.3) is 21.8 Å². The fourth-order valence-corrected chi connectivity index (χ4v) is 6.21. The van der Waals surface area contributed by atoms with Gasteiger partial charge in [-0.3, -0.25) is 19.8 Å². The third-order valence-electron chi connectivity index (χ3n) is 6.48. The van der Waals surface area contributed by atoms with Gasteiger partial charge in [0, 0.05) is 17.1 Å². The minimum Gasteiger partial charge on any atom is -0.457 e. The monoisotopic (exact) mass is 579 g/mol. The summed E-state index contributed by atoms with van der Waals surface area (Å²) in [5.74, 6) is -0.0976. The van der Waals surface area contributed by atoms with Crippen LogP contribution in [0.1, 0.15) is 5.56 Å². The smallest absolute Gasteiger partial charge is 0.270 e. The molecular formula is C31H21N3O5S2. The molecule has 0 bridgehead atoms. The Morgan fingerprint density at radius 2 is 1.37 bits per heavy atom. The molecule has 1 saturated heterocycles. The molecule has 0 unspecified atom stereocenters. The molecule has 1 aliphatic rings. The Kier molecular flexibility index (Phi) is 6.70. The molecule has 4 aromatic carbocycles. The highest BCUT2D eigenvalue weighted by molar-refractivity contribution is 7.90. The summed E-state index contributed by atoms with van der Waals surface area (Å²) in [6.45, 7) is 0. The summed E-state index contributed by atoms with van der Waals surface area (Å²) in [7, 11) is -3.94. The van der Waals surface area contributed by atoms with E-state index in [1.807, 2.05) is 30.3 Å². The number of para-hydroxylation sites is 2. The van der Waals surface area contributed by atoms with Gasteiger partial charge in [-0.2, -0.15) is 0 Å². The third-order valence-corrected chi connectivity index (χ3v) is 8.46. The van der Waals surface area contributed by atoms with Crippen molar-refractivity contribution in [1.82, 2.24) is 9.29 Å². The van der Waals surface area contributed by atoms with Gasteiger partial charge >= 0.3 is 0 Å². The van der Waals surface area contributed by atoms with Crippen molar-refractivity contribution in [3.05, 3.63) is 127 Å². The number of aromatic nitrogens is 1. The maximum atomic E-state index is 13.6. The Hall–Kier alpha value is -5.06. The minimum atomic E-state index is -3.94.